The van der Waals surface area contributed by atoms with E-state index in [-0.39, 0.29) is 17.4 Å². The van der Waals surface area contributed by atoms with Gasteiger partial charge in [0.2, 0.25) is 5.82 Å². The summed E-state index contributed by atoms with van der Waals surface area (Å²) >= 11 is 0. The predicted molar refractivity (Wildman–Crippen MR) is 101 cm³/mol. The Labute approximate surface area is 156 Å². The molecule has 1 aromatic carbocycles. The molecule has 2 amide bonds. The van der Waals surface area contributed by atoms with Gasteiger partial charge in [-0.15, -0.1) is 0 Å². The molecule has 27 heavy (non-hydrogen) atoms. The van der Waals surface area contributed by atoms with Crippen LogP contribution in [0.25, 0.3) is 5.52 Å². The lowest BCUT2D eigenvalue weighted by Crippen LogP contribution is -2.29. The number of pyridine rings is 1. The number of nitrogens with zero attached hydrogens (tertiary/aromatic N) is 3. The molecule has 0 saturated carbocycles. The van der Waals surface area contributed by atoms with E-state index in [0.29, 0.717) is 29.2 Å². The van der Waals surface area contributed by atoms with E-state index in [0.717, 1.165) is 0 Å². The molecular formula is C20H19N5O2. The number of carbonyl (C=O) groups excluding carboxylic acids is 2. The van der Waals surface area contributed by atoms with Crippen molar-refractivity contribution in [2.75, 3.05) is 11.9 Å². The quantitative estimate of drug-likeness (QED) is 0.730. The average Bonchev–Trinajstić information content (AvgIpc) is 3.06. The highest BCUT2D eigenvalue weighted by Gasteiger charge is 2.21. The topological polar surface area (TPSA) is 99.3 Å². The van der Waals surface area contributed by atoms with Crippen molar-refractivity contribution >= 4 is 23.0 Å². The van der Waals surface area contributed by atoms with E-state index in [1.807, 2.05) is 19.9 Å². The summed E-state index contributed by atoms with van der Waals surface area (Å²) in [6.07, 6.45) is 1.69. The number of benzene rings is 1. The van der Waals surface area contributed by atoms with E-state index >= 15 is 0 Å². The highest BCUT2D eigenvalue weighted by molar-refractivity contribution is 6.09. The molecule has 7 heteroatoms. The van der Waals surface area contributed by atoms with Gasteiger partial charge in [0.25, 0.3) is 11.8 Å². The van der Waals surface area contributed by atoms with E-state index in [1.165, 1.54) is 0 Å². The van der Waals surface area contributed by atoms with Crippen LogP contribution in [0.1, 0.15) is 40.5 Å². The normalized spacial score (nSPS) is 10.6. The Morgan fingerprint density at radius 2 is 2.00 bits per heavy atom. The van der Waals surface area contributed by atoms with Gasteiger partial charge in [-0.05, 0) is 36.2 Å². The zero-order valence-electron chi connectivity index (χ0n) is 15.1. The van der Waals surface area contributed by atoms with Crippen LogP contribution in [0.5, 0.6) is 0 Å². The van der Waals surface area contributed by atoms with Gasteiger partial charge in [-0.25, -0.2) is 4.98 Å². The van der Waals surface area contributed by atoms with Gasteiger partial charge < -0.3 is 10.6 Å². The van der Waals surface area contributed by atoms with E-state index in [4.69, 9.17) is 5.26 Å². The van der Waals surface area contributed by atoms with Crippen LogP contribution in [-0.4, -0.2) is 27.7 Å². The molecule has 3 aromatic rings. The SMILES string of the molecule is CC(C)CNC(=O)c1nc(C(=O)Nc2cccc(C#N)c2)c2ccccn12. The fourth-order valence-corrected chi connectivity index (χ4v) is 2.60. The first kappa shape index (κ1) is 18.1. The van der Waals surface area contributed by atoms with Crippen molar-refractivity contribution in [2.24, 2.45) is 5.92 Å². The first-order chi connectivity index (χ1) is 13.0. The first-order valence-corrected chi connectivity index (χ1v) is 8.56. The number of nitriles is 1. The molecule has 0 fully saturated rings. The Bertz CT molecular complexity index is 1050. The van der Waals surface area contributed by atoms with Crippen molar-refractivity contribution in [3.05, 3.63) is 65.7 Å². The summed E-state index contributed by atoms with van der Waals surface area (Å²) in [5.41, 5.74) is 1.60. The Balaban J connectivity index is 1.93. The van der Waals surface area contributed by atoms with Gasteiger partial charge >= 0.3 is 0 Å². The van der Waals surface area contributed by atoms with Crippen molar-refractivity contribution < 1.29 is 9.59 Å². The van der Waals surface area contributed by atoms with Crippen LogP contribution in [0.2, 0.25) is 0 Å². The largest absolute Gasteiger partial charge is 0.349 e. The monoisotopic (exact) mass is 361 g/mol. The van der Waals surface area contributed by atoms with E-state index in [1.54, 1.807) is 53.1 Å². The second kappa shape index (κ2) is 7.70. The first-order valence-electron chi connectivity index (χ1n) is 8.56. The van der Waals surface area contributed by atoms with Gasteiger partial charge in [-0.1, -0.05) is 26.0 Å². The number of imidazole rings is 1. The number of carbonyl (C=O) groups is 2. The van der Waals surface area contributed by atoms with Gasteiger partial charge in [0, 0.05) is 18.4 Å². The van der Waals surface area contributed by atoms with Crippen LogP contribution in [0.4, 0.5) is 5.69 Å². The molecule has 0 spiro atoms. The number of anilines is 1. The van der Waals surface area contributed by atoms with Gasteiger partial charge in [0.05, 0.1) is 17.1 Å². The lowest BCUT2D eigenvalue weighted by atomic mass is 10.2. The maximum atomic E-state index is 12.7. The molecule has 2 aromatic heterocycles. The number of amides is 2. The molecule has 0 atom stereocenters. The van der Waals surface area contributed by atoms with E-state index in [9.17, 15) is 9.59 Å². The molecule has 0 unspecified atom stereocenters. The number of aromatic nitrogens is 2. The molecule has 0 aliphatic rings. The molecule has 7 nitrogen and oxygen atoms in total. The summed E-state index contributed by atoms with van der Waals surface area (Å²) in [6, 6.07) is 13.9. The summed E-state index contributed by atoms with van der Waals surface area (Å²) in [7, 11) is 0. The second-order valence-electron chi connectivity index (χ2n) is 6.49. The van der Waals surface area contributed by atoms with Crippen molar-refractivity contribution in [1.29, 1.82) is 5.26 Å². The molecule has 3 rings (SSSR count). The Morgan fingerprint density at radius 3 is 2.74 bits per heavy atom. The Kier molecular flexibility index (Phi) is 5.18. The molecule has 0 aliphatic heterocycles. The number of hydrogen-bond donors (Lipinski definition) is 2. The lowest BCUT2D eigenvalue weighted by molar-refractivity contribution is 0.0938. The highest BCUT2D eigenvalue weighted by Crippen LogP contribution is 2.16. The fraction of sp³-hybridized carbons (Fsp3) is 0.200. The number of hydrogen-bond acceptors (Lipinski definition) is 4. The molecule has 136 valence electrons. The zero-order chi connectivity index (χ0) is 19.4. The molecule has 2 N–H and O–H groups in total. The minimum atomic E-state index is -0.448. The minimum absolute atomic E-state index is 0.146. The molecule has 0 aliphatic carbocycles. The summed E-state index contributed by atoms with van der Waals surface area (Å²) in [6.45, 7) is 4.51. The number of rotatable bonds is 5. The molecule has 0 saturated heterocycles. The van der Waals surface area contributed by atoms with E-state index < -0.39 is 5.91 Å². The standard InChI is InChI=1S/C20H19N5O2/c1-13(2)12-22-20(27)18-24-17(16-8-3-4-9-25(16)18)19(26)23-15-7-5-6-14(10-15)11-21/h3-10,13H,12H2,1-2H3,(H,22,27)(H,23,26). The van der Waals surface area contributed by atoms with Crippen LogP contribution >= 0.6 is 0 Å². The van der Waals surface area contributed by atoms with Gasteiger partial charge in [-0.3, -0.25) is 14.0 Å². The maximum absolute atomic E-state index is 12.7. The molecule has 2 heterocycles. The fourth-order valence-electron chi connectivity index (χ4n) is 2.60. The Morgan fingerprint density at radius 1 is 1.19 bits per heavy atom. The van der Waals surface area contributed by atoms with Gasteiger partial charge in [0.1, 0.15) is 0 Å². The molecule has 0 radical (unpaired) electrons. The maximum Gasteiger partial charge on any atom is 0.287 e. The summed E-state index contributed by atoms with van der Waals surface area (Å²) in [5, 5.41) is 14.5. The van der Waals surface area contributed by atoms with Crippen molar-refractivity contribution in [1.82, 2.24) is 14.7 Å². The smallest absolute Gasteiger partial charge is 0.287 e. The van der Waals surface area contributed by atoms with Crippen LogP contribution in [0.3, 0.4) is 0 Å². The third-order valence-electron chi connectivity index (χ3n) is 3.89. The minimum Gasteiger partial charge on any atom is -0.349 e. The van der Waals surface area contributed by atoms with Gasteiger partial charge in [0.15, 0.2) is 5.69 Å². The van der Waals surface area contributed by atoms with Crippen molar-refractivity contribution in [3.8, 4) is 6.07 Å². The van der Waals surface area contributed by atoms with Crippen LogP contribution in [0, 0.1) is 17.2 Å². The van der Waals surface area contributed by atoms with Crippen LogP contribution in [-0.2, 0) is 0 Å². The Hall–Kier alpha value is -3.66. The molecule has 0 bridgehead atoms. The third-order valence-corrected chi connectivity index (χ3v) is 3.89. The van der Waals surface area contributed by atoms with Crippen LogP contribution < -0.4 is 10.6 Å². The highest BCUT2D eigenvalue weighted by atomic mass is 16.2. The third kappa shape index (κ3) is 3.96. The summed E-state index contributed by atoms with van der Waals surface area (Å²) in [5.74, 6) is -0.329. The van der Waals surface area contributed by atoms with E-state index in [2.05, 4.69) is 15.6 Å². The number of nitrogens with one attached hydrogen (secondary N) is 2. The predicted octanol–water partition coefficient (Wildman–Crippen LogP) is 2.84. The average molecular weight is 361 g/mol. The number of fused-ring (bicyclic) bond motifs is 1. The van der Waals surface area contributed by atoms with Gasteiger partial charge in [-0.2, -0.15) is 5.26 Å². The van der Waals surface area contributed by atoms with Crippen molar-refractivity contribution in [3.63, 3.8) is 0 Å². The lowest BCUT2D eigenvalue weighted by Gasteiger charge is -2.06. The van der Waals surface area contributed by atoms with Crippen molar-refractivity contribution in [2.45, 2.75) is 13.8 Å². The zero-order valence-corrected chi connectivity index (χ0v) is 15.1. The second-order valence-corrected chi connectivity index (χ2v) is 6.49. The summed E-state index contributed by atoms with van der Waals surface area (Å²) < 4.78 is 1.59. The van der Waals surface area contributed by atoms with Crippen LogP contribution in [0.15, 0.2) is 48.7 Å². The molecular weight excluding hydrogens is 342 g/mol. The summed E-state index contributed by atoms with van der Waals surface area (Å²) in [4.78, 5) is 29.5.